The van der Waals surface area contributed by atoms with Crippen molar-refractivity contribution in [1.82, 2.24) is 29.5 Å². The number of benzene rings is 1. The largest absolute Gasteiger partial charge is 0.487 e. The van der Waals surface area contributed by atoms with Crippen molar-refractivity contribution in [1.29, 1.82) is 0 Å². The fourth-order valence-electron chi connectivity index (χ4n) is 4.95. The molecule has 1 aliphatic heterocycles. The molecule has 0 unspecified atom stereocenters. The Morgan fingerprint density at radius 3 is 2.69 bits per heavy atom. The van der Waals surface area contributed by atoms with E-state index in [1.54, 1.807) is 37.6 Å². The maximum atomic E-state index is 13.6. The summed E-state index contributed by atoms with van der Waals surface area (Å²) in [6, 6.07) is 8.02. The molecule has 1 aromatic carbocycles. The average Bonchev–Trinajstić information content (AvgIpc) is 3.39. The second-order valence-corrected chi connectivity index (χ2v) is 12.3. The number of halogens is 1. The summed E-state index contributed by atoms with van der Waals surface area (Å²) < 4.78 is 32.9. The number of carbonyl (C=O) groups excluding carboxylic acids is 1. The molecule has 1 aliphatic rings. The molecule has 5 rings (SSSR count). The predicted molar refractivity (Wildman–Crippen MR) is 159 cm³/mol. The molecule has 4 heterocycles. The number of fused-ring (bicyclic) bond motifs is 1. The molecule has 0 saturated carbocycles. The second-order valence-electron chi connectivity index (χ2n) is 10.2. The SMILES string of the molecule is Cc1cc([C@@H](C)Nc2ccc(Cl)nc2C(=O)NS(C)(=O)=O)c2nc(N3CC[C@H](Oc4ccnnc4)C3)n(C)c(=O)c2c1. The van der Waals surface area contributed by atoms with Crippen LogP contribution < -0.4 is 25.2 Å². The molecule has 42 heavy (non-hydrogen) atoms. The lowest BCUT2D eigenvalue weighted by atomic mass is 10.0. The second kappa shape index (κ2) is 11.5. The zero-order chi connectivity index (χ0) is 30.2. The Bertz CT molecular complexity index is 1830. The summed E-state index contributed by atoms with van der Waals surface area (Å²) in [5.74, 6) is 0.202. The average molecular weight is 613 g/mol. The molecule has 15 heteroatoms. The predicted octanol–water partition coefficient (Wildman–Crippen LogP) is 2.60. The summed E-state index contributed by atoms with van der Waals surface area (Å²) in [5, 5.41) is 11.3. The van der Waals surface area contributed by atoms with Crippen LogP contribution in [0.4, 0.5) is 11.6 Å². The number of pyridine rings is 1. The molecule has 4 aromatic rings. The van der Waals surface area contributed by atoms with Gasteiger partial charge in [0, 0.05) is 31.6 Å². The molecule has 0 spiro atoms. The van der Waals surface area contributed by atoms with E-state index in [9.17, 15) is 18.0 Å². The van der Waals surface area contributed by atoms with Gasteiger partial charge < -0.3 is 15.0 Å². The van der Waals surface area contributed by atoms with Gasteiger partial charge >= 0.3 is 0 Å². The van der Waals surface area contributed by atoms with Gasteiger partial charge in [0.15, 0.2) is 5.69 Å². The van der Waals surface area contributed by atoms with Crippen LogP contribution >= 0.6 is 11.6 Å². The number of aromatic nitrogens is 5. The number of sulfonamides is 1. The number of rotatable bonds is 8. The lowest BCUT2D eigenvalue weighted by molar-refractivity contribution is 0.0977. The van der Waals surface area contributed by atoms with Gasteiger partial charge in [-0.3, -0.25) is 14.2 Å². The van der Waals surface area contributed by atoms with Crippen LogP contribution in [0, 0.1) is 6.92 Å². The topological polar surface area (TPSA) is 161 Å². The van der Waals surface area contributed by atoms with E-state index in [0.29, 0.717) is 41.3 Å². The lowest BCUT2D eigenvalue weighted by Gasteiger charge is -2.23. The monoisotopic (exact) mass is 612 g/mol. The number of amides is 1. The number of nitrogens with one attached hydrogen (secondary N) is 2. The van der Waals surface area contributed by atoms with Crippen molar-refractivity contribution in [3.05, 3.63) is 75.1 Å². The molecular weight excluding hydrogens is 584 g/mol. The molecule has 2 N–H and O–H groups in total. The van der Waals surface area contributed by atoms with E-state index in [2.05, 4.69) is 20.5 Å². The molecule has 2 atom stereocenters. The van der Waals surface area contributed by atoms with Crippen molar-refractivity contribution in [2.24, 2.45) is 7.05 Å². The molecule has 1 amide bonds. The van der Waals surface area contributed by atoms with Crippen molar-refractivity contribution in [2.75, 3.05) is 29.6 Å². The number of carbonyl (C=O) groups is 1. The lowest BCUT2D eigenvalue weighted by Crippen LogP contribution is -2.32. The Labute approximate surface area is 247 Å². The summed E-state index contributed by atoms with van der Waals surface area (Å²) in [5.41, 5.74) is 1.94. The van der Waals surface area contributed by atoms with E-state index in [0.717, 1.165) is 18.2 Å². The van der Waals surface area contributed by atoms with Crippen LogP contribution in [0.1, 0.15) is 41.0 Å². The van der Waals surface area contributed by atoms with E-state index >= 15 is 0 Å². The third-order valence-electron chi connectivity index (χ3n) is 6.81. The quantitative estimate of drug-likeness (QED) is 0.281. The number of aryl methyl sites for hydroxylation is 1. The summed E-state index contributed by atoms with van der Waals surface area (Å²) in [7, 11) is -2.14. The first-order valence-corrected chi connectivity index (χ1v) is 15.3. The molecule has 1 saturated heterocycles. The van der Waals surface area contributed by atoms with Gasteiger partial charge in [-0.25, -0.2) is 23.1 Å². The zero-order valence-electron chi connectivity index (χ0n) is 23.3. The van der Waals surface area contributed by atoms with Crippen molar-refractivity contribution >= 4 is 50.1 Å². The molecular formula is C27H29ClN8O5S. The maximum Gasteiger partial charge on any atom is 0.285 e. The van der Waals surface area contributed by atoms with E-state index in [4.69, 9.17) is 21.3 Å². The summed E-state index contributed by atoms with van der Waals surface area (Å²) in [4.78, 5) is 37.3. The number of hydrogen-bond donors (Lipinski definition) is 2. The van der Waals surface area contributed by atoms with Gasteiger partial charge in [-0.2, -0.15) is 10.2 Å². The highest BCUT2D eigenvalue weighted by atomic mass is 35.5. The van der Waals surface area contributed by atoms with Gasteiger partial charge in [-0.1, -0.05) is 17.7 Å². The van der Waals surface area contributed by atoms with Crippen LogP contribution in [0.25, 0.3) is 10.9 Å². The van der Waals surface area contributed by atoms with Crippen LogP contribution in [0.3, 0.4) is 0 Å². The third-order valence-corrected chi connectivity index (χ3v) is 7.58. The minimum absolute atomic E-state index is 0.0238. The molecule has 0 radical (unpaired) electrons. The van der Waals surface area contributed by atoms with Crippen molar-refractivity contribution in [3.63, 3.8) is 0 Å². The van der Waals surface area contributed by atoms with Crippen LogP contribution in [0.5, 0.6) is 5.75 Å². The number of nitrogens with zero attached hydrogens (tertiary/aromatic N) is 6. The van der Waals surface area contributed by atoms with Gasteiger partial charge in [-0.05, 0) is 37.6 Å². The summed E-state index contributed by atoms with van der Waals surface area (Å²) in [6.07, 6.45) is 4.61. The summed E-state index contributed by atoms with van der Waals surface area (Å²) in [6.45, 7) is 4.90. The Morgan fingerprint density at radius 2 is 1.98 bits per heavy atom. The van der Waals surface area contributed by atoms with Gasteiger partial charge in [0.25, 0.3) is 11.5 Å². The Hall–Kier alpha value is -4.30. The van der Waals surface area contributed by atoms with Gasteiger partial charge in [0.05, 0.1) is 47.8 Å². The van der Waals surface area contributed by atoms with E-state index < -0.39 is 22.0 Å². The van der Waals surface area contributed by atoms with Gasteiger partial charge in [0.1, 0.15) is 17.0 Å². The van der Waals surface area contributed by atoms with Crippen LogP contribution in [-0.2, 0) is 17.1 Å². The Kier molecular flexibility index (Phi) is 8.01. The van der Waals surface area contributed by atoms with E-state index in [1.165, 1.54) is 10.6 Å². The number of anilines is 2. The standard InChI is InChI=1S/C27H29ClN8O5S/c1-15-11-19(16(2)31-21-5-6-22(28)32-24(21)25(37)34-42(4,39)40)23-20(12-15)26(38)35(3)27(33-23)36-10-8-18(14-36)41-17-7-9-29-30-13-17/h5-7,9,11-13,16,18,31H,8,10,14H2,1-4H3,(H,34,37)/t16-,18+/m1/s1. The smallest absolute Gasteiger partial charge is 0.285 e. The maximum absolute atomic E-state index is 13.6. The molecule has 0 bridgehead atoms. The van der Waals surface area contributed by atoms with Gasteiger partial charge in [0.2, 0.25) is 16.0 Å². The zero-order valence-corrected chi connectivity index (χ0v) is 24.9. The molecule has 0 aliphatic carbocycles. The first-order chi connectivity index (χ1) is 19.9. The Morgan fingerprint density at radius 1 is 1.19 bits per heavy atom. The van der Waals surface area contributed by atoms with E-state index in [-0.39, 0.29) is 28.2 Å². The highest BCUT2D eigenvalue weighted by Gasteiger charge is 2.28. The van der Waals surface area contributed by atoms with Gasteiger partial charge in [-0.15, -0.1) is 0 Å². The highest BCUT2D eigenvalue weighted by Crippen LogP contribution is 2.30. The van der Waals surface area contributed by atoms with Crippen LogP contribution in [-0.4, -0.2) is 64.5 Å². The van der Waals surface area contributed by atoms with Crippen LogP contribution in [0.15, 0.2) is 47.5 Å². The molecule has 13 nitrogen and oxygen atoms in total. The fourth-order valence-corrected chi connectivity index (χ4v) is 5.53. The molecule has 3 aromatic heterocycles. The van der Waals surface area contributed by atoms with Crippen molar-refractivity contribution in [3.8, 4) is 5.75 Å². The molecule has 220 valence electrons. The normalized spacial score (nSPS) is 15.9. The minimum atomic E-state index is -3.84. The first kappa shape index (κ1) is 29.2. The molecule has 1 fully saturated rings. The minimum Gasteiger partial charge on any atom is -0.487 e. The number of hydrogen-bond acceptors (Lipinski definition) is 11. The fraction of sp³-hybridized carbons (Fsp3) is 0.333. The van der Waals surface area contributed by atoms with Crippen molar-refractivity contribution in [2.45, 2.75) is 32.4 Å². The third kappa shape index (κ3) is 6.29. The summed E-state index contributed by atoms with van der Waals surface area (Å²) >= 11 is 6.02. The van der Waals surface area contributed by atoms with Crippen LogP contribution in [0.2, 0.25) is 5.15 Å². The van der Waals surface area contributed by atoms with E-state index in [1.807, 2.05) is 29.5 Å². The Balaban J connectivity index is 1.49. The van der Waals surface area contributed by atoms with Crippen molar-refractivity contribution < 1.29 is 17.9 Å². The first-order valence-electron chi connectivity index (χ1n) is 13.0. The highest BCUT2D eigenvalue weighted by molar-refractivity contribution is 7.89. The number of ether oxygens (including phenoxy) is 1.